The zero-order chi connectivity index (χ0) is 24.3. The molecule has 2 N–H and O–H groups in total. The highest BCUT2D eigenvalue weighted by Gasteiger charge is 2.28. The van der Waals surface area contributed by atoms with Crippen LogP contribution in [0.4, 0.5) is 4.79 Å². The van der Waals surface area contributed by atoms with Gasteiger partial charge in [-0.25, -0.2) is 9.59 Å². The van der Waals surface area contributed by atoms with Gasteiger partial charge in [-0.1, -0.05) is 54.6 Å². The van der Waals surface area contributed by atoms with E-state index >= 15 is 0 Å². The summed E-state index contributed by atoms with van der Waals surface area (Å²) in [5, 5.41) is 12.2. The molecule has 0 aliphatic heterocycles. The zero-order valence-corrected chi connectivity index (χ0v) is 19.6. The van der Waals surface area contributed by atoms with Gasteiger partial charge in [0.05, 0.1) is 0 Å². The molecule has 0 aromatic heterocycles. The van der Waals surface area contributed by atoms with Crippen molar-refractivity contribution in [2.45, 2.75) is 51.9 Å². The molecule has 6 heteroatoms. The summed E-state index contributed by atoms with van der Waals surface area (Å²) in [5.74, 6) is -0.420. The molecule has 1 atom stereocenters. The van der Waals surface area contributed by atoms with Crippen molar-refractivity contribution < 1.29 is 24.2 Å². The van der Waals surface area contributed by atoms with Crippen LogP contribution in [0.15, 0.2) is 66.7 Å². The van der Waals surface area contributed by atoms with Crippen LogP contribution in [0.5, 0.6) is 5.75 Å². The number of nitrogens with one attached hydrogen (secondary N) is 1. The number of esters is 1. The molecule has 1 amide bonds. The van der Waals surface area contributed by atoms with Gasteiger partial charge in [-0.3, -0.25) is 0 Å². The molecule has 1 aliphatic rings. The first kappa shape index (κ1) is 23.4. The molecule has 0 saturated carbocycles. The average Bonchev–Trinajstić information content (AvgIpc) is 3.17. The number of fused-ring (bicyclic) bond motifs is 3. The number of rotatable bonds is 6. The van der Waals surface area contributed by atoms with E-state index in [1.807, 2.05) is 24.3 Å². The van der Waals surface area contributed by atoms with E-state index < -0.39 is 23.7 Å². The lowest BCUT2D eigenvalue weighted by atomic mass is 10.0. The standard InChI is InChI=1S/C28H29NO5/c1-28(2,3)34-26(31)25(15-18-11-13-21(30)14-12-18)29-27(32)33-17-20-8-6-10-23-22-9-5-4-7-19(22)16-24(20)23/h4-14,25,30H,15-17H2,1-3H3,(H,29,32)/t25-/m0/s1. The lowest BCUT2D eigenvalue weighted by molar-refractivity contribution is -0.157. The molecule has 0 radical (unpaired) electrons. The van der Waals surface area contributed by atoms with Gasteiger partial charge >= 0.3 is 12.1 Å². The fourth-order valence-electron chi connectivity index (χ4n) is 4.12. The number of hydrogen-bond donors (Lipinski definition) is 2. The van der Waals surface area contributed by atoms with Crippen LogP contribution < -0.4 is 5.32 Å². The Balaban J connectivity index is 1.44. The maximum absolute atomic E-state index is 12.8. The number of hydrogen-bond acceptors (Lipinski definition) is 5. The van der Waals surface area contributed by atoms with Crippen molar-refractivity contribution in [3.63, 3.8) is 0 Å². The maximum Gasteiger partial charge on any atom is 0.408 e. The van der Waals surface area contributed by atoms with Gasteiger partial charge in [0.1, 0.15) is 24.0 Å². The Morgan fingerprint density at radius 2 is 1.68 bits per heavy atom. The molecule has 3 aromatic carbocycles. The number of ether oxygens (including phenoxy) is 2. The number of amides is 1. The number of phenols is 1. The highest BCUT2D eigenvalue weighted by molar-refractivity contribution is 5.82. The second-order valence-corrected chi connectivity index (χ2v) is 9.45. The minimum Gasteiger partial charge on any atom is -0.508 e. The first-order valence-electron chi connectivity index (χ1n) is 11.3. The topological polar surface area (TPSA) is 84.9 Å². The van der Waals surface area contributed by atoms with Crippen molar-refractivity contribution in [2.24, 2.45) is 0 Å². The zero-order valence-electron chi connectivity index (χ0n) is 19.6. The molecule has 1 aliphatic carbocycles. The first-order chi connectivity index (χ1) is 16.2. The molecule has 0 heterocycles. The van der Waals surface area contributed by atoms with Gasteiger partial charge in [0.25, 0.3) is 0 Å². The molecule has 0 saturated heterocycles. The molecule has 3 aromatic rings. The minimum absolute atomic E-state index is 0.100. The van der Waals surface area contributed by atoms with Gasteiger partial charge in [-0.2, -0.15) is 0 Å². The predicted molar refractivity (Wildman–Crippen MR) is 129 cm³/mol. The van der Waals surface area contributed by atoms with E-state index in [0.29, 0.717) is 0 Å². The van der Waals surface area contributed by atoms with E-state index in [1.54, 1.807) is 32.9 Å². The Morgan fingerprint density at radius 3 is 2.41 bits per heavy atom. The van der Waals surface area contributed by atoms with Crippen LogP contribution in [0.2, 0.25) is 0 Å². The van der Waals surface area contributed by atoms with E-state index in [4.69, 9.17) is 9.47 Å². The second-order valence-electron chi connectivity index (χ2n) is 9.45. The Bertz CT molecular complexity index is 1190. The maximum atomic E-state index is 12.8. The van der Waals surface area contributed by atoms with Gasteiger partial charge < -0.3 is 19.9 Å². The van der Waals surface area contributed by atoms with E-state index in [-0.39, 0.29) is 18.8 Å². The van der Waals surface area contributed by atoms with Crippen molar-refractivity contribution in [2.75, 3.05) is 0 Å². The smallest absolute Gasteiger partial charge is 0.408 e. The summed E-state index contributed by atoms with van der Waals surface area (Å²) in [4.78, 5) is 25.5. The number of phenolic OH excluding ortho intramolecular Hbond substituents is 1. The quantitative estimate of drug-likeness (QED) is 0.390. The predicted octanol–water partition coefficient (Wildman–Crippen LogP) is 5.14. The average molecular weight is 460 g/mol. The van der Waals surface area contributed by atoms with Gasteiger partial charge in [0.2, 0.25) is 0 Å². The minimum atomic E-state index is -0.929. The van der Waals surface area contributed by atoms with E-state index in [2.05, 4.69) is 23.5 Å². The lowest BCUT2D eigenvalue weighted by Gasteiger charge is -2.24. The summed E-state index contributed by atoms with van der Waals surface area (Å²) in [6.07, 6.45) is 0.316. The third-order valence-corrected chi connectivity index (χ3v) is 5.67. The van der Waals surface area contributed by atoms with E-state index in [0.717, 1.165) is 28.7 Å². The molecule has 6 nitrogen and oxygen atoms in total. The molecule has 0 spiro atoms. The Labute approximate surface area is 199 Å². The van der Waals surface area contributed by atoms with Crippen LogP contribution >= 0.6 is 0 Å². The van der Waals surface area contributed by atoms with Crippen LogP contribution in [0.1, 0.15) is 43.0 Å². The van der Waals surface area contributed by atoms with Gasteiger partial charge in [-0.15, -0.1) is 0 Å². The lowest BCUT2D eigenvalue weighted by Crippen LogP contribution is -2.45. The number of aromatic hydroxyl groups is 1. The van der Waals surface area contributed by atoms with Crippen molar-refractivity contribution in [1.82, 2.24) is 5.32 Å². The molecule has 4 rings (SSSR count). The summed E-state index contributed by atoms with van der Waals surface area (Å²) in [5.41, 5.74) is 5.80. The molecule has 34 heavy (non-hydrogen) atoms. The molecular weight excluding hydrogens is 430 g/mol. The number of benzene rings is 3. The summed E-state index contributed by atoms with van der Waals surface area (Å²) in [6.45, 7) is 5.42. The van der Waals surface area contributed by atoms with Crippen molar-refractivity contribution in [3.8, 4) is 16.9 Å². The molecule has 176 valence electrons. The van der Waals surface area contributed by atoms with Gasteiger partial charge in [-0.05, 0) is 72.7 Å². The Kier molecular flexibility index (Phi) is 6.59. The SMILES string of the molecule is CC(C)(C)OC(=O)[C@H](Cc1ccc(O)cc1)NC(=O)OCc1cccc2c1Cc1ccccc1-2. The van der Waals surface area contributed by atoms with Gasteiger partial charge in [0, 0.05) is 6.42 Å². The van der Waals surface area contributed by atoms with E-state index in [9.17, 15) is 14.7 Å². The molecule has 0 bridgehead atoms. The molecular formula is C28H29NO5. The summed E-state index contributed by atoms with van der Waals surface area (Å²) in [6, 6.07) is 19.8. The van der Waals surface area contributed by atoms with Gasteiger partial charge in [0.15, 0.2) is 0 Å². The monoisotopic (exact) mass is 459 g/mol. The van der Waals surface area contributed by atoms with Crippen LogP contribution in [-0.4, -0.2) is 28.8 Å². The van der Waals surface area contributed by atoms with Crippen molar-refractivity contribution in [1.29, 1.82) is 0 Å². The van der Waals surface area contributed by atoms with Crippen LogP contribution in [0, 0.1) is 0 Å². The van der Waals surface area contributed by atoms with Crippen LogP contribution in [0.3, 0.4) is 0 Å². The highest BCUT2D eigenvalue weighted by atomic mass is 16.6. The number of alkyl carbamates (subject to hydrolysis) is 1. The van der Waals surface area contributed by atoms with Crippen LogP contribution in [0.25, 0.3) is 11.1 Å². The van der Waals surface area contributed by atoms with Crippen molar-refractivity contribution >= 4 is 12.1 Å². The highest BCUT2D eigenvalue weighted by Crippen LogP contribution is 2.38. The number of carbonyl (C=O) groups is 2. The largest absolute Gasteiger partial charge is 0.508 e. The third-order valence-electron chi connectivity index (χ3n) is 5.67. The van der Waals surface area contributed by atoms with Crippen molar-refractivity contribution in [3.05, 3.63) is 89.0 Å². The summed E-state index contributed by atoms with van der Waals surface area (Å²) >= 11 is 0. The normalized spacial score (nSPS) is 12.9. The molecule has 0 fully saturated rings. The third kappa shape index (κ3) is 5.57. The summed E-state index contributed by atoms with van der Waals surface area (Å²) < 4.78 is 11.0. The molecule has 0 unspecified atom stereocenters. The van der Waals surface area contributed by atoms with Crippen LogP contribution in [-0.2, 0) is 33.7 Å². The Hall–Kier alpha value is -3.80. The Morgan fingerprint density at radius 1 is 0.971 bits per heavy atom. The summed E-state index contributed by atoms with van der Waals surface area (Å²) in [7, 11) is 0. The van der Waals surface area contributed by atoms with E-state index in [1.165, 1.54) is 23.3 Å². The first-order valence-corrected chi connectivity index (χ1v) is 11.3. The fourth-order valence-corrected chi connectivity index (χ4v) is 4.12. The number of carbonyl (C=O) groups excluding carboxylic acids is 2. The second kappa shape index (κ2) is 9.59. The fraction of sp³-hybridized carbons (Fsp3) is 0.286.